The SMILES string of the molecule is O=C1CC(OC2CC2)CNN1. The number of hydrogen-bond donors (Lipinski definition) is 2. The molecular weight excluding hydrogens is 144 g/mol. The van der Waals surface area contributed by atoms with Gasteiger partial charge in [0, 0.05) is 6.54 Å². The lowest BCUT2D eigenvalue weighted by Crippen LogP contribution is -2.50. The molecule has 2 fully saturated rings. The maximum absolute atomic E-state index is 10.8. The molecule has 1 aliphatic heterocycles. The highest BCUT2D eigenvalue weighted by atomic mass is 16.5. The summed E-state index contributed by atoms with van der Waals surface area (Å²) < 4.78 is 5.55. The Bertz CT molecular complexity index is 168. The summed E-state index contributed by atoms with van der Waals surface area (Å²) in [6, 6.07) is 0. The van der Waals surface area contributed by atoms with Crippen LogP contribution in [0.4, 0.5) is 0 Å². The van der Waals surface area contributed by atoms with Gasteiger partial charge in [-0.3, -0.25) is 10.2 Å². The fourth-order valence-electron chi connectivity index (χ4n) is 1.17. The Kier molecular flexibility index (Phi) is 1.79. The minimum Gasteiger partial charge on any atom is -0.373 e. The third kappa shape index (κ3) is 1.91. The first-order valence-electron chi connectivity index (χ1n) is 4.02. The molecule has 2 rings (SSSR count). The lowest BCUT2D eigenvalue weighted by molar-refractivity contribution is -0.128. The zero-order valence-corrected chi connectivity index (χ0v) is 6.30. The number of hydrazine groups is 1. The molecule has 0 aromatic heterocycles. The first kappa shape index (κ1) is 7.06. The largest absolute Gasteiger partial charge is 0.373 e. The average Bonchev–Trinajstić information content (AvgIpc) is 2.71. The molecule has 1 unspecified atom stereocenters. The molecule has 1 heterocycles. The molecule has 0 spiro atoms. The minimum atomic E-state index is 0.0295. The van der Waals surface area contributed by atoms with E-state index in [1.165, 1.54) is 0 Å². The van der Waals surface area contributed by atoms with Gasteiger partial charge in [0.2, 0.25) is 5.91 Å². The highest BCUT2D eigenvalue weighted by Crippen LogP contribution is 2.25. The molecule has 1 saturated carbocycles. The molecule has 1 aliphatic carbocycles. The Morgan fingerprint density at radius 1 is 1.36 bits per heavy atom. The van der Waals surface area contributed by atoms with Crippen LogP contribution in [0.1, 0.15) is 19.3 Å². The maximum Gasteiger partial charge on any atom is 0.236 e. The van der Waals surface area contributed by atoms with E-state index < -0.39 is 0 Å². The average molecular weight is 156 g/mol. The third-order valence-electron chi connectivity index (χ3n) is 1.88. The first-order chi connectivity index (χ1) is 5.34. The second-order valence-electron chi connectivity index (χ2n) is 3.09. The molecule has 0 radical (unpaired) electrons. The topological polar surface area (TPSA) is 50.4 Å². The summed E-state index contributed by atoms with van der Waals surface area (Å²) in [5, 5.41) is 0. The fraction of sp³-hybridized carbons (Fsp3) is 0.857. The van der Waals surface area contributed by atoms with Crippen LogP contribution >= 0.6 is 0 Å². The van der Waals surface area contributed by atoms with Crippen LogP contribution in [0.5, 0.6) is 0 Å². The molecule has 0 bridgehead atoms. The van der Waals surface area contributed by atoms with Crippen molar-refractivity contribution in [3.8, 4) is 0 Å². The van der Waals surface area contributed by atoms with Crippen molar-refractivity contribution in [2.75, 3.05) is 6.54 Å². The van der Waals surface area contributed by atoms with E-state index in [-0.39, 0.29) is 12.0 Å². The summed E-state index contributed by atoms with van der Waals surface area (Å²) in [5.74, 6) is 0.0295. The lowest BCUT2D eigenvalue weighted by atomic mass is 10.2. The molecule has 1 amide bonds. The van der Waals surface area contributed by atoms with Gasteiger partial charge in [-0.25, -0.2) is 5.43 Å². The summed E-state index contributed by atoms with van der Waals surface area (Å²) in [6.07, 6.45) is 3.36. The van der Waals surface area contributed by atoms with E-state index in [1.54, 1.807) is 0 Å². The minimum absolute atomic E-state index is 0.0295. The van der Waals surface area contributed by atoms with Gasteiger partial charge in [0.05, 0.1) is 18.6 Å². The van der Waals surface area contributed by atoms with Crippen molar-refractivity contribution in [3.63, 3.8) is 0 Å². The highest BCUT2D eigenvalue weighted by Gasteiger charge is 2.28. The smallest absolute Gasteiger partial charge is 0.236 e. The van der Waals surface area contributed by atoms with Crippen molar-refractivity contribution in [2.24, 2.45) is 0 Å². The molecule has 4 heteroatoms. The Morgan fingerprint density at radius 2 is 2.18 bits per heavy atom. The van der Waals surface area contributed by atoms with Crippen LogP contribution < -0.4 is 10.9 Å². The van der Waals surface area contributed by atoms with Gasteiger partial charge in [-0.15, -0.1) is 0 Å². The van der Waals surface area contributed by atoms with Crippen molar-refractivity contribution in [1.29, 1.82) is 0 Å². The molecule has 0 aromatic rings. The van der Waals surface area contributed by atoms with Crippen LogP contribution in [0.15, 0.2) is 0 Å². The molecule has 2 N–H and O–H groups in total. The zero-order valence-electron chi connectivity index (χ0n) is 6.30. The predicted molar refractivity (Wildman–Crippen MR) is 38.7 cm³/mol. The highest BCUT2D eigenvalue weighted by molar-refractivity contribution is 5.76. The molecule has 62 valence electrons. The Labute approximate surface area is 65.3 Å². The van der Waals surface area contributed by atoms with E-state index in [2.05, 4.69) is 10.9 Å². The van der Waals surface area contributed by atoms with Crippen molar-refractivity contribution in [1.82, 2.24) is 10.9 Å². The standard InChI is InChI=1S/C7H12N2O2/c10-7-3-6(4-8-9-7)11-5-1-2-5/h5-6,8H,1-4H2,(H,9,10). The van der Waals surface area contributed by atoms with Gasteiger partial charge in [0.25, 0.3) is 0 Å². The van der Waals surface area contributed by atoms with Crippen molar-refractivity contribution < 1.29 is 9.53 Å². The normalized spacial score (nSPS) is 31.6. The zero-order chi connectivity index (χ0) is 7.68. The molecule has 1 saturated heterocycles. The van der Waals surface area contributed by atoms with Crippen molar-refractivity contribution >= 4 is 5.91 Å². The lowest BCUT2D eigenvalue weighted by Gasteiger charge is -2.22. The molecule has 4 nitrogen and oxygen atoms in total. The van der Waals surface area contributed by atoms with Gasteiger partial charge in [0.15, 0.2) is 0 Å². The number of amides is 1. The van der Waals surface area contributed by atoms with E-state index in [0.717, 1.165) is 19.4 Å². The van der Waals surface area contributed by atoms with Crippen LogP contribution in [0.25, 0.3) is 0 Å². The van der Waals surface area contributed by atoms with Gasteiger partial charge in [-0.2, -0.15) is 0 Å². The maximum atomic E-state index is 10.8. The Morgan fingerprint density at radius 3 is 2.82 bits per heavy atom. The van der Waals surface area contributed by atoms with Gasteiger partial charge in [0.1, 0.15) is 0 Å². The number of rotatable bonds is 2. The Balaban J connectivity index is 1.77. The second kappa shape index (κ2) is 2.79. The summed E-state index contributed by atoms with van der Waals surface area (Å²) >= 11 is 0. The monoisotopic (exact) mass is 156 g/mol. The molecule has 1 atom stereocenters. The number of hydrogen-bond acceptors (Lipinski definition) is 3. The summed E-state index contributed by atoms with van der Waals surface area (Å²) in [6.45, 7) is 0.738. The number of carbonyl (C=O) groups is 1. The van der Waals surface area contributed by atoms with Gasteiger partial charge in [-0.05, 0) is 12.8 Å². The first-order valence-corrected chi connectivity index (χ1v) is 4.02. The number of nitrogens with one attached hydrogen (secondary N) is 2. The van der Waals surface area contributed by atoms with Crippen LogP contribution in [0, 0.1) is 0 Å². The van der Waals surface area contributed by atoms with Crippen LogP contribution in [-0.2, 0) is 9.53 Å². The molecule has 0 aromatic carbocycles. The van der Waals surface area contributed by atoms with Gasteiger partial charge < -0.3 is 4.74 Å². The van der Waals surface area contributed by atoms with Crippen LogP contribution in [-0.4, -0.2) is 24.7 Å². The van der Waals surface area contributed by atoms with Crippen LogP contribution in [0.3, 0.4) is 0 Å². The Hall–Kier alpha value is -0.610. The number of ether oxygens (including phenoxy) is 1. The predicted octanol–water partition coefficient (Wildman–Crippen LogP) is -0.441. The number of carbonyl (C=O) groups excluding carboxylic acids is 1. The third-order valence-corrected chi connectivity index (χ3v) is 1.88. The summed E-state index contributed by atoms with van der Waals surface area (Å²) in [7, 11) is 0. The quantitative estimate of drug-likeness (QED) is 0.569. The van der Waals surface area contributed by atoms with Crippen molar-refractivity contribution in [3.05, 3.63) is 0 Å². The van der Waals surface area contributed by atoms with E-state index in [1.807, 2.05) is 0 Å². The van der Waals surface area contributed by atoms with E-state index in [0.29, 0.717) is 12.5 Å². The van der Waals surface area contributed by atoms with E-state index >= 15 is 0 Å². The molecule has 2 aliphatic rings. The second-order valence-corrected chi connectivity index (χ2v) is 3.09. The molecular formula is C7H12N2O2. The summed E-state index contributed by atoms with van der Waals surface area (Å²) in [4.78, 5) is 10.8. The van der Waals surface area contributed by atoms with Crippen LogP contribution in [0.2, 0.25) is 0 Å². The van der Waals surface area contributed by atoms with Crippen molar-refractivity contribution in [2.45, 2.75) is 31.5 Å². The van der Waals surface area contributed by atoms with E-state index in [4.69, 9.17) is 4.74 Å². The summed E-state index contributed by atoms with van der Waals surface area (Å²) in [5.41, 5.74) is 5.33. The van der Waals surface area contributed by atoms with Gasteiger partial charge >= 0.3 is 0 Å². The van der Waals surface area contributed by atoms with E-state index in [9.17, 15) is 4.79 Å². The van der Waals surface area contributed by atoms with Gasteiger partial charge in [-0.1, -0.05) is 0 Å². The fourth-order valence-corrected chi connectivity index (χ4v) is 1.17. The molecule has 11 heavy (non-hydrogen) atoms.